The van der Waals surface area contributed by atoms with Crippen molar-refractivity contribution in [2.75, 3.05) is 13.1 Å². The van der Waals surface area contributed by atoms with Crippen LogP contribution in [0.15, 0.2) is 24.3 Å². The van der Waals surface area contributed by atoms with E-state index in [0.29, 0.717) is 5.56 Å². The number of Topliss-reactive ketones (excluding diaryl/α,β-unsaturated/α-hetero) is 1. The summed E-state index contributed by atoms with van der Waals surface area (Å²) in [6.07, 6.45) is 3.49. The number of rotatable bonds is 1. The van der Waals surface area contributed by atoms with Gasteiger partial charge in [-0.05, 0) is 37.3 Å². The quantitative estimate of drug-likeness (QED) is 0.546. The maximum Gasteiger partial charge on any atom is 0.237 e. The summed E-state index contributed by atoms with van der Waals surface area (Å²) >= 11 is 0. The Hall–Kier alpha value is -1.82. The van der Waals surface area contributed by atoms with Crippen LogP contribution < -0.4 is 0 Å². The second-order valence-corrected chi connectivity index (χ2v) is 4.12. The molecule has 0 unspecified atom stereocenters. The van der Waals surface area contributed by atoms with Crippen LogP contribution in [0.25, 0.3) is 0 Å². The minimum atomic E-state index is -0.407. The molecular weight excluding hydrogens is 217 g/mol. The van der Waals surface area contributed by atoms with Gasteiger partial charge in [0.25, 0.3) is 0 Å². The van der Waals surface area contributed by atoms with Gasteiger partial charge in [-0.3, -0.25) is 4.79 Å². The molecule has 2 rings (SSSR count). The Morgan fingerprint density at radius 1 is 1.24 bits per heavy atom. The first-order valence-corrected chi connectivity index (χ1v) is 5.82. The average Bonchev–Trinajstić information content (AvgIpc) is 2.37. The van der Waals surface area contributed by atoms with Gasteiger partial charge in [0.15, 0.2) is 0 Å². The smallest absolute Gasteiger partial charge is 0.237 e. The zero-order valence-corrected chi connectivity index (χ0v) is 9.58. The number of hydrogen-bond acceptors (Lipinski definition) is 2. The molecule has 1 fully saturated rings. The maximum absolute atomic E-state index is 12.9. The van der Waals surface area contributed by atoms with E-state index in [2.05, 4.69) is 12.0 Å². The molecule has 1 aliphatic heterocycles. The predicted octanol–water partition coefficient (Wildman–Crippen LogP) is 2.46. The first-order chi connectivity index (χ1) is 8.25. The molecule has 0 bridgehead atoms. The van der Waals surface area contributed by atoms with Crippen LogP contribution in [0, 0.1) is 17.8 Å². The number of likely N-dealkylation sites (tertiary alicyclic amines) is 1. The van der Waals surface area contributed by atoms with Gasteiger partial charge in [0.05, 0.1) is 0 Å². The van der Waals surface area contributed by atoms with Crippen LogP contribution in [0.2, 0.25) is 0 Å². The van der Waals surface area contributed by atoms with Crippen molar-refractivity contribution in [1.82, 2.24) is 4.90 Å². The molecule has 1 heterocycles. The number of carbonyl (C=O) groups excluding carboxylic acids is 1. The number of halogens is 1. The summed E-state index contributed by atoms with van der Waals surface area (Å²) in [5, 5.41) is 0. The van der Waals surface area contributed by atoms with E-state index in [0.717, 1.165) is 25.9 Å². The van der Waals surface area contributed by atoms with E-state index in [1.807, 2.05) is 4.90 Å². The summed E-state index contributed by atoms with van der Waals surface area (Å²) < 4.78 is 12.9. The second kappa shape index (κ2) is 5.49. The number of carbonyl (C=O) groups is 1. The molecule has 0 amide bonds. The number of benzene rings is 1. The van der Waals surface area contributed by atoms with E-state index >= 15 is 0 Å². The standard InChI is InChI=1S/C14H14FNO/c15-13-6-4-5-12(11-13)14(17)7-10-16-8-2-1-3-9-16/h4-6,11H,1-3,8-9H2. The summed E-state index contributed by atoms with van der Waals surface area (Å²) in [6.45, 7) is 1.84. The summed E-state index contributed by atoms with van der Waals surface area (Å²) in [5.41, 5.74) is 0.314. The lowest BCUT2D eigenvalue weighted by Gasteiger charge is -2.21. The van der Waals surface area contributed by atoms with Crippen LogP contribution in [0.4, 0.5) is 4.39 Å². The van der Waals surface area contributed by atoms with Crippen molar-refractivity contribution >= 4 is 5.78 Å². The van der Waals surface area contributed by atoms with Gasteiger partial charge in [-0.25, -0.2) is 4.39 Å². The highest BCUT2D eigenvalue weighted by Gasteiger charge is 2.07. The molecule has 0 aliphatic carbocycles. The molecule has 3 heteroatoms. The Bertz CT molecular complexity index is 467. The molecule has 0 radical (unpaired) electrons. The van der Waals surface area contributed by atoms with Gasteiger partial charge in [-0.15, -0.1) is 0 Å². The molecule has 0 saturated carbocycles. The fourth-order valence-electron chi connectivity index (χ4n) is 1.84. The minimum Gasteiger partial charge on any atom is -0.332 e. The third kappa shape index (κ3) is 3.32. The lowest BCUT2D eigenvalue weighted by Crippen LogP contribution is -2.25. The fourth-order valence-corrected chi connectivity index (χ4v) is 1.84. The van der Waals surface area contributed by atoms with Gasteiger partial charge in [-0.2, -0.15) is 0 Å². The van der Waals surface area contributed by atoms with E-state index in [1.165, 1.54) is 24.6 Å². The van der Waals surface area contributed by atoms with Crippen LogP contribution in [-0.4, -0.2) is 23.8 Å². The zero-order chi connectivity index (χ0) is 12.1. The SMILES string of the molecule is O=C(C#CN1CCCCC1)c1cccc(F)c1. The van der Waals surface area contributed by atoms with Gasteiger partial charge in [-0.1, -0.05) is 12.1 Å². The third-order valence-electron chi connectivity index (χ3n) is 2.77. The summed E-state index contributed by atoms with van der Waals surface area (Å²) in [6, 6.07) is 8.48. The lowest BCUT2D eigenvalue weighted by atomic mass is 10.1. The predicted molar refractivity (Wildman–Crippen MR) is 63.9 cm³/mol. The van der Waals surface area contributed by atoms with Crippen molar-refractivity contribution in [2.24, 2.45) is 0 Å². The molecule has 1 aromatic carbocycles. The van der Waals surface area contributed by atoms with Crippen LogP contribution >= 0.6 is 0 Å². The molecule has 1 aliphatic rings. The van der Waals surface area contributed by atoms with Crippen molar-refractivity contribution in [3.05, 3.63) is 35.6 Å². The van der Waals surface area contributed by atoms with E-state index in [9.17, 15) is 9.18 Å². The van der Waals surface area contributed by atoms with Gasteiger partial charge in [0.2, 0.25) is 5.78 Å². The maximum atomic E-state index is 12.9. The highest BCUT2D eigenvalue weighted by molar-refractivity contribution is 6.08. The van der Waals surface area contributed by atoms with Crippen molar-refractivity contribution in [1.29, 1.82) is 0 Å². The molecule has 1 aromatic rings. The molecule has 2 nitrogen and oxygen atoms in total. The molecule has 1 saturated heterocycles. The first kappa shape index (κ1) is 11.7. The summed E-state index contributed by atoms with van der Waals surface area (Å²) in [4.78, 5) is 13.6. The molecular formula is C14H14FNO. The van der Waals surface area contributed by atoms with Crippen molar-refractivity contribution in [3.8, 4) is 12.0 Å². The Morgan fingerprint density at radius 3 is 2.71 bits per heavy atom. The van der Waals surface area contributed by atoms with Crippen LogP contribution in [0.5, 0.6) is 0 Å². The number of nitrogens with zero attached hydrogens (tertiary/aromatic N) is 1. The first-order valence-electron chi connectivity index (χ1n) is 5.82. The third-order valence-corrected chi connectivity index (χ3v) is 2.77. The van der Waals surface area contributed by atoms with Crippen LogP contribution in [-0.2, 0) is 0 Å². The topological polar surface area (TPSA) is 20.3 Å². The van der Waals surface area contributed by atoms with Crippen LogP contribution in [0.3, 0.4) is 0 Å². The molecule has 0 N–H and O–H groups in total. The Kier molecular flexibility index (Phi) is 3.77. The van der Waals surface area contributed by atoms with Gasteiger partial charge in [0.1, 0.15) is 5.82 Å². The second-order valence-electron chi connectivity index (χ2n) is 4.12. The van der Waals surface area contributed by atoms with Gasteiger partial charge in [0, 0.05) is 24.7 Å². The van der Waals surface area contributed by atoms with E-state index in [1.54, 1.807) is 6.07 Å². The Balaban J connectivity index is 2.03. The summed E-state index contributed by atoms with van der Waals surface area (Å²) in [5.74, 6) is 1.84. The van der Waals surface area contributed by atoms with Crippen molar-refractivity contribution < 1.29 is 9.18 Å². The van der Waals surface area contributed by atoms with E-state index in [-0.39, 0.29) is 5.78 Å². The summed E-state index contributed by atoms with van der Waals surface area (Å²) in [7, 11) is 0. The highest BCUT2D eigenvalue weighted by Crippen LogP contribution is 2.07. The van der Waals surface area contributed by atoms with E-state index in [4.69, 9.17) is 0 Å². The number of ketones is 1. The molecule has 0 spiro atoms. The zero-order valence-electron chi connectivity index (χ0n) is 9.58. The average molecular weight is 231 g/mol. The molecule has 0 aromatic heterocycles. The normalized spacial score (nSPS) is 15.0. The minimum absolute atomic E-state index is 0.314. The highest BCUT2D eigenvalue weighted by atomic mass is 19.1. The Morgan fingerprint density at radius 2 is 2.00 bits per heavy atom. The van der Waals surface area contributed by atoms with Crippen LogP contribution in [0.1, 0.15) is 29.6 Å². The number of hydrogen-bond donors (Lipinski definition) is 0. The van der Waals surface area contributed by atoms with Gasteiger partial charge >= 0.3 is 0 Å². The lowest BCUT2D eigenvalue weighted by molar-refractivity contribution is 0.105. The molecule has 0 atom stereocenters. The number of piperidine rings is 1. The largest absolute Gasteiger partial charge is 0.332 e. The fraction of sp³-hybridized carbons (Fsp3) is 0.357. The van der Waals surface area contributed by atoms with E-state index < -0.39 is 5.82 Å². The van der Waals surface area contributed by atoms with Crippen molar-refractivity contribution in [2.45, 2.75) is 19.3 Å². The molecule has 88 valence electrons. The van der Waals surface area contributed by atoms with Crippen molar-refractivity contribution in [3.63, 3.8) is 0 Å². The van der Waals surface area contributed by atoms with Gasteiger partial charge < -0.3 is 4.90 Å². The monoisotopic (exact) mass is 231 g/mol. The molecule has 17 heavy (non-hydrogen) atoms. The Labute approximate surface area is 100 Å².